The van der Waals surface area contributed by atoms with Crippen molar-refractivity contribution in [1.82, 2.24) is 15.5 Å². The van der Waals surface area contributed by atoms with E-state index in [0.29, 0.717) is 12.5 Å². The summed E-state index contributed by atoms with van der Waals surface area (Å²) in [5.41, 5.74) is 0. The molecule has 0 unspecified atom stereocenters. The predicted molar refractivity (Wildman–Crippen MR) is 72.3 cm³/mol. The maximum atomic E-state index is 11.6. The number of aliphatic carboxylic acids is 1. The van der Waals surface area contributed by atoms with Crippen LogP contribution in [0.3, 0.4) is 0 Å². The van der Waals surface area contributed by atoms with Crippen LogP contribution >= 0.6 is 0 Å². The van der Waals surface area contributed by atoms with E-state index in [1.807, 2.05) is 13.8 Å². The topological polar surface area (TPSA) is 108 Å². The first kappa shape index (κ1) is 18.2. The van der Waals surface area contributed by atoms with Crippen LogP contribution in [0.2, 0.25) is 0 Å². The molecule has 3 amide bonds. The Morgan fingerprint density at radius 1 is 1.25 bits per heavy atom. The fourth-order valence-corrected chi connectivity index (χ4v) is 1.19. The van der Waals surface area contributed by atoms with Gasteiger partial charge in [0.1, 0.15) is 13.2 Å². The summed E-state index contributed by atoms with van der Waals surface area (Å²) < 4.78 is 4.76. The number of carbonyl (C=O) groups excluding carboxylic acids is 2. The molecule has 0 atom stereocenters. The second-order valence-electron chi connectivity index (χ2n) is 4.73. The number of ether oxygens (including phenoxy) is 1. The predicted octanol–water partition coefficient (Wildman–Crippen LogP) is -0.499. The molecule has 0 bridgehead atoms. The average Bonchev–Trinajstić information content (AvgIpc) is 2.35. The third-order valence-corrected chi connectivity index (χ3v) is 2.18. The van der Waals surface area contributed by atoms with Crippen molar-refractivity contribution in [3.63, 3.8) is 0 Å². The lowest BCUT2D eigenvalue weighted by molar-refractivity contribution is -0.142. The molecule has 0 aliphatic heterocycles. The highest BCUT2D eigenvalue weighted by Crippen LogP contribution is 1.89. The molecule has 0 heterocycles. The molecular weight excluding hydrogens is 266 g/mol. The van der Waals surface area contributed by atoms with Crippen molar-refractivity contribution >= 4 is 17.9 Å². The van der Waals surface area contributed by atoms with Crippen LogP contribution in [0.5, 0.6) is 0 Å². The van der Waals surface area contributed by atoms with Crippen molar-refractivity contribution in [2.45, 2.75) is 13.8 Å². The van der Waals surface area contributed by atoms with E-state index in [1.54, 1.807) is 0 Å². The number of likely N-dealkylation sites (N-methyl/N-ethyl adjacent to an activating group) is 1. The van der Waals surface area contributed by atoms with Crippen molar-refractivity contribution in [3.05, 3.63) is 0 Å². The van der Waals surface area contributed by atoms with Crippen molar-refractivity contribution in [1.29, 1.82) is 0 Å². The molecule has 0 radical (unpaired) electrons. The van der Waals surface area contributed by atoms with Gasteiger partial charge in [0.05, 0.1) is 6.61 Å². The molecular formula is C12H23N3O5. The molecule has 0 aliphatic rings. The monoisotopic (exact) mass is 289 g/mol. The number of nitrogens with zero attached hydrogens (tertiary/aromatic N) is 1. The molecule has 0 aromatic heterocycles. The van der Waals surface area contributed by atoms with Crippen LogP contribution in [0.4, 0.5) is 4.79 Å². The minimum absolute atomic E-state index is 0.0332. The number of rotatable bonds is 9. The number of carbonyl (C=O) groups is 3. The summed E-state index contributed by atoms with van der Waals surface area (Å²) >= 11 is 0. The van der Waals surface area contributed by atoms with Crippen molar-refractivity contribution < 1.29 is 24.2 Å². The van der Waals surface area contributed by atoms with E-state index in [-0.39, 0.29) is 25.6 Å². The van der Waals surface area contributed by atoms with Crippen molar-refractivity contribution in [2.24, 2.45) is 5.92 Å². The second-order valence-corrected chi connectivity index (χ2v) is 4.73. The van der Waals surface area contributed by atoms with Crippen LogP contribution in [0.25, 0.3) is 0 Å². The Kier molecular flexibility index (Phi) is 9.10. The Balaban J connectivity index is 3.75. The molecule has 116 valence electrons. The maximum Gasteiger partial charge on any atom is 0.329 e. The quantitative estimate of drug-likeness (QED) is 0.496. The Morgan fingerprint density at radius 3 is 2.45 bits per heavy atom. The lowest BCUT2D eigenvalue weighted by Crippen LogP contribution is -2.44. The summed E-state index contributed by atoms with van der Waals surface area (Å²) in [6.45, 7) is 4.38. The first-order valence-corrected chi connectivity index (χ1v) is 6.38. The highest BCUT2D eigenvalue weighted by molar-refractivity contribution is 5.83. The number of amides is 3. The molecule has 0 aliphatic carbocycles. The van der Waals surface area contributed by atoms with Gasteiger partial charge in [0.2, 0.25) is 5.91 Å². The number of carboxylic acid groups (broad SMARTS) is 1. The number of urea groups is 1. The zero-order chi connectivity index (χ0) is 15.5. The molecule has 0 saturated carbocycles. The van der Waals surface area contributed by atoms with Crippen LogP contribution in [-0.2, 0) is 14.3 Å². The van der Waals surface area contributed by atoms with Gasteiger partial charge in [0, 0.05) is 20.1 Å². The fraction of sp³-hybridized carbons (Fsp3) is 0.750. The lowest BCUT2D eigenvalue weighted by Gasteiger charge is -2.18. The minimum Gasteiger partial charge on any atom is -0.480 e. The smallest absolute Gasteiger partial charge is 0.329 e. The number of carboxylic acids is 1. The van der Waals surface area contributed by atoms with Gasteiger partial charge in [-0.25, -0.2) is 9.59 Å². The van der Waals surface area contributed by atoms with Crippen molar-refractivity contribution in [2.75, 3.05) is 39.9 Å². The minimum atomic E-state index is -1.06. The van der Waals surface area contributed by atoms with Gasteiger partial charge in [-0.05, 0) is 5.92 Å². The molecule has 0 fully saturated rings. The van der Waals surface area contributed by atoms with E-state index in [2.05, 4.69) is 10.6 Å². The summed E-state index contributed by atoms with van der Waals surface area (Å²) in [5, 5.41) is 13.6. The van der Waals surface area contributed by atoms with Gasteiger partial charge >= 0.3 is 12.0 Å². The summed E-state index contributed by atoms with van der Waals surface area (Å²) in [5.74, 6) is -0.932. The van der Waals surface area contributed by atoms with E-state index < -0.39 is 18.6 Å². The van der Waals surface area contributed by atoms with Gasteiger partial charge in [0.25, 0.3) is 0 Å². The molecule has 0 spiro atoms. The Morgan fingerprint density at radius 2 is 1.90 bits per heavy atom. The van der Waals surface area contributed by atoms with Gasteiger partial charge in [-0.15, -0.1) is 0 Å². The fourth-order valence-electron chi connectivity index (χ4n) is 1.19. The number of hydrogen-bond acceptors (Lipinski definition) is 4. The summed E-state index contributed by atoms with van der Waals surface area (Å²) in [4.78, 5) is 34.5. The zero-order valence-electron chi connectivity index (χ0n) is 12.1. The normalized spacial score (nSPS) is 10.2. The average molecular weight is 289 g/mol. The van der Waals surface area contributed by atoms with Crippen LogP contribution in [-0.4, -0.2) is 67.8 Å². The third-order valence-electron chi connectivity index (χ3n) is 2.18. The van der Waals surface area contributed by atoms with Crippen LogP contribution in [0, 0.1) is 5.92 Å². The third kappa shape index (κ3) is 10.1. The highest BCUT2D eigenvalue weighted by Gasteiger charge is 2.12. The molecule has 0 aromatic rings. The van der Waals surface area contributed by atoms with E-state index in [9.17, 15) is 14.4 Å². The molecule has 0 saturated heterocycles. The molecule has 8 heteroatoms. The van der Waals surface area contributed by atoms with Crippen LogP contribution in [0.1, 0.15) is 13.8 Å². The molecule has 8 nitrogen and oxygen atoms in total. The summed E-state index contributed by atoms with van der Waals surface area (Å²) in [6.07, 6.45) is 0. The first-order chi connectivity index (χ1) is 9.32. The van der Waals surface area contributed by atoms with Gasteiger partial charge in [0.15, 0.2) is 0 Å². The zero-order valence-corrected chi connectivity index (χ0v) is 12.1. The molecule has 0 aromatic carbocycles. The van der Waals surface area contributed by atoms with Gasteiger partial charge in [-0.3, -0.25) is 4.79 Å². The van der Waals surface area contributed by atoms with Crippen LogP contribution < -0.4 is 10.6 Å². The van der Waals surface area contributed by atoms with E-state index in [1.165, 1.54) is 11.9 Å². The lowest BCUT2D eigenvalue weighted by atomic mass is 10.2. The summed E-state index contributed by atoms with van der Waals surface area (Å²) in [7, 11) is 1.50. The SMILES string of the molecule is CC(C)CNC(=O)CN(C)C(=O)NCCOCC(=O)O. The largest absolute Gasteiger partial charge is 0.480 e. The van der Waals surface area contributed by atoms with E-state index in [4.69, 9.17) is 9.84 Å². The molecule has 20 heavy (non-hydrogen) atoms. The maximum absolute atomic E-state index is 11.6. The van der Waals surface area contributed by atoms with Crippen molar-refractivity contribution in [3.8, 4) is 0 Å². The Bertz CT molecular complexity index is 333. The van der Waals surface area contributed by atoms with Gasteiger partial charge in [-0.2, -0.15) is 0 Å². The summed E-state index contributed by atoms with van der Waals surface area (Å²) in [6, 6.07) is -0.413. The van der Waals surface area contributed by atoms with Crippen LogP contribution in [0.15, 0.2) is 0 Å². The van der Waals surface area contributed by atoms with Gasteiger partial charge < -0.3 is 25.4 Å². The first-order valence-electron chi connectivity index (χ1n) is 6.38. The molecule has 0 rings (SSSR count). The Hall–Kier alpha value is -1.83. The Labute approximate surface area is 118 Å². The number of hydrogen-bond donors (Lipinski definition) is 3. The molecule has 3 N–H and O–H groups in total. The number of nitrogens with one attached hydrogen (secondary N) is 2. The van der Waals surface area contributed by atoms with E-state index >= 15 is 0 Å². The van der Waals surface area contributed by atoms with Gasteiger partial charge in [-0.1, -0.05) is 13.8 Å². The highest BCUT2D eigenvalue weighted by atomic mass is 16.5. The standard InChI is InChI=1S/C12H23N3O5/c1-9(2)6-14-10(16)7-15(3)12(19)13-4-5-20-8-11(17)18/h9H,4-8H2,1-3H3,(H,13,19)(H,14,16)(H,17,18). The van der Waals surface area contributed by atoms with E-state index in [0.717, 1.165) is 0 Å². The second kappa shape index (κ2) is 10.0.